The highest BCUT2D eigenvalue weighted by Crippen LogP contribution is 2.36. The second-order valence-electron chi connectivity index (χ2n) is 4.44. The highest BCUT2D eigenvalue weighted by atomic mass is 16.5. The van der Waals surface area contributed by atoms with Crippen molar-refractivity contribution in [2.45, 2.75) is 38.7 Å². The summed E-state index contributed by atoms with van der Waals surface area (Å²) in [6.45, 7) is 2.32. The number of rotatable bonds is 4. The largest absolute Gasteiger partial charge is 0.466 e. The molecule has 1 aliphatic rings. The molecule has 1 aromatic carbocycles. The summed E-state index contributed by atoms with van der Waals surface area (Å²) in [5, 5.41) is 9.13. The smallest absolute Gasteiger partial charge is 0.306 e. The van der Waals surface area contributed by atoms with E-state index in [1.54, 1.807) is 0 Å². The maximum absolute atomic E-state index is 11.5. The highest BCUT2D eigenvalue weighted by molar-refractivity contribution is 5.71. The van der Waals surface area contributed by atoms with Crippen LogP contribution in [0, 0.1) is 0 Å². The first-order valence-corrected chi connectivity index (χ1v) is 6.12. The van der Waals surface area contributed by atoms with E-state index in [4.69, 9.17) is 9.84 Å². The van der Waals surface area contributed by atoms with Crippen molar-refractivity contribution >= 4 is 5.97 Å². The van der Waals surface area contributed by atoms with Crippen LogP contribution in [0.4, 0.5) is 0 Å². The third kappa shape index (κ3) is 2.67. The Morgan fingerprint density at radius 2 is 2.35 bits per heavy atom. The van der Waals surface area contributed by atoms with E-state index >= 15 is 0 Å². The first-order chi connectivity index (χ1) is 8.24. The van der Waals surface area contributed by atoms with Crippen molar-refractivity contribution in [1.82, 2.24) is 0 Å². The summed E-state index contributed by atoms with van der Waals surface area (Å²) in [5.41, 5.74) is 3.43. The van der Waals surface area contributed by atoms with Crippen molar-refractivity contribution in [3.63, 3.8) is 0 Å². The van der Waals surface area contributed by atoms with Crippen LogP contribution in [-0.2, 0) is 22.6 Å². The molecule has 1 unspecified atom stereocenters. The second kappa shape index (κ2) is 5.32. The predicted molar refractivity (Wildman–Crippen MR) is 64.7 cm³/mol. The number of benzene rings is 1. The Kier molecular flexibility index (Phi) is 3.79. The summed E-state index contributed by atoms with van der Waals surface area (Å²) in [6.07, 6.45) is 2.48. The molecular formula is C14H18O3. The van der Waals surface area contributed by atoms with Crippen LogP contribution in [0.25, 0.3) is 0 Å². The van der Waals surface area contributed by atoms with Gasteiger partial charge in [0, 0.05) is 0 Å². The summed E-state index contributed by atoms with van der Waals surface area (Å²) in [5.74, 6) is 0.135. The van der Waals surface area contributed by atoms with Gasteiger partial charge in [0.2, 0.25) is 0 Å². The Balaban J connectivity index is 2.12. The number of hydrogen-bond donors (Lipinski definition) is 1. The van der Waals surface area contributed by atoms with Crippen molar-refractivity contribution in [3.05, 3.63) is 34.9 Å². The molecule has 1 N–H and O–H groups in total. The second-order valence-corrected chi connectivity index (χ2v) is 4.44. The van der Waals surface area contributed by atoms with Crippen molar-refractivity contribution < 1.29 is 14.6 Å². The van der Waals surface area contributed by atoms with Gasteiger partial charge >= 0.3 is 5.97 Å². The predicted octanol–water partition coefficient (Wildman–Crippen LogP) is 2.16. The van der Waals surface area contributed by atoms with Gasteiger partial charge in [0.15, 0.2) is 0 Å². The molecule has 0 saturated carbocycles. The Morgan fingerprint density at radius 3 is 3.06 bits per heavy atom. The fourth-order valence-corrected chi connectivity index (χ4v) is 2.47. The molecule has 17 heavy (non-hydrogen) atoms. The van der Waals surface area contributed by atoms with Crippen molar-refractivity contribution in [1.29, 1.82) is 0 Å². The van der Waals surface area contributed by atoms with Gasteiger partial charge in [-0.05, 0) is 42.4 Å². The third-order valence-electron chi connectivity index (χ3n) is 3.31. The quantitative estimate of drug-likeness (QED) is 0.812. The molecule has 1 atom stereocenters. The van der Waals surface area contributed by atoms with E-state index in [-0.39, 0.29) is 18.5 Å². The van der Waals surface area contributed by atoms with E-state index in [1.807, 2.05) is 19.1 Å². The zero-order chi connectivity index (χ0) is 12.3. The van der Waals surface area contributed by atoms with E-state index in [0.29, 0.717) is 13.0 Å². The molecule has 92 valence electrons. The van der Waals surface area contributed by atoms with Crippen LogP contribution in [0.1, 0.15) is 42.4 Å². The number of aryl methyl sites for hydroxylation is 1. The van der Waals surface area contributed by atoms with Gasteiger partial charge in [0.05, 0.1) is 19.6 Å². The maximum Gasteiger partial charge on any atom is 0.306 e. The number of aliphatic hydroxyl groups is 1. The van der Waals surface area contributed by atoms with Gasteiger partial charge in [-0.3, -0.25) is 4.79 Å². The van der Waals surface area contributed by atoms with E-state index in [1.165, 1.54) is 11.1 Å². The zero-order valence-corrected chi connectivity index (χ0v) is 10.1. The fourth-order valence-electron chi connectivity index (χ4n) is 2.47. The summed E-state index contributed by atoms with van der Waals surface area (Å²) in [6, 6.07) is 6.03. The van der Waals surface area contributed by atoms with Crippen molar-refractivity contribution in [2.24, 2.45) is 0 Å². The van der Waals surface area contributed by atoms with Gasteiger partial charge in [0.1, 0.15) is 0 Å². The van der Waals surface area contributed by atoms with Crippen molar-refractivity contribution in [2.75, 3.05) is 6.61 Å². The van der Waals surface area contributed by atoms with E-state index < -0.39 is 0 Å². The molecule has 1 aromatic rings. The van der Waals surface area contributed by atoms with Crippen LogP contribution in [-0.4, -0.2) is 17.7 Å². The number of ether oxygens (including phenoxy) is 1. The molecule has 0 spiro atoms. The van der Waals surface area contributed by atoms with E-state index in [2.05, 4.69) is 6.07 Å². The summed E-state index contributed by atoms with van der Waals surface area (Å²) in [7, 11) is 0. The van der Waals surface area contributed by atoms with Crippen LogP contribution < -0.4 is 0 Å². The van der Waals surface area contributed by atoms with Crippen LogP contribution in [0.15, 0.2) is 18.2 Å². The molecule has 0 aromatic heterocycles. The number of esters is 1. The summed E-state index contributed by atoms with van der Waals surface area (Å²) >= 11 is 0. The molecule has 0 bridgehead atoms. The Hall–Kier alpha value is -1.35. The van der Waals surface area contributed by atoms with Crippen LogP contribution >= 0.6 is 0 Å². The summed E-state index contributed by atoms with van der Waals surface area (Å²) in [4.78, 5) is 11.5. The molecule has 3 nitrogen and oxygen atoms in total. The number of fused-ring (bicyclic) bond motifs is 1. The number of carbonyl (C=O) groups excluding carboxylic acids is 1. The number of aliphatic hydroxyl groups excluding tert-OH is 1. The molecule has 0 heterocycles. The highest BCUT2D eigenvalue weighted by Gasteiger charge is 2.25. The molecule has 0 fully saturated rings. The first kappa shape index (κ1) is 12.1. The van der Waals surface area contributed by atoms with Gasteiger partial charge < -0.3 is 9.84 Å². The number of hydrogen-bond acceptors (Lipinski definition) is 3. The average molecular weight is 234 g/mol. The minimum Gasteiger partial charge on any atom is -0.466 e. The number of carbonyl (C=O) groups is 1. The summed E-state index contributed by atoms with van der Waals surface area (Å²) < 4.78 is 4.99. The minimum absolute atomic E-state index is 0.0550. The fraction of sp³-hybridized carbons (Fsp3) is 0.500. The monoisotopic (exact) mass is 234 g/mol. The van der Waals surface area contributed by atoms with Crippen LogP contribution in [0.5, 0.6) is 0 Å². The molecule has 0 saturated heterocycles. The lowest BCUT2D eigenvalue weighted by molar-refractivity contribution is -0.143. The Labute approximate surface area is 101 Å². The normalized spacial score (nSPS) is 17.9. The lowest BCUT2D eigenvalue weighted by atomic mass is 9.96. The molecule has 2 rings (SSSR count). The maximum atomic E-state index is 11.5. The van der Waals surface area contributed by atoms with Gasteiger partial charge in [0.25, 0.3) is 0 Å². The minimum atomic E-state index is -0.125. The van der Waals surface area contributed by atoms with Crippen LogP contribution in [0.3, 0.4) is 0 Å². The van der Waals surface area contributed by atoms with Gasteiger partial charge in [-0.15, -0.1) is 0 Å². The molecular weight excluding hydrogens is 216 g/mol. The van der Waals surface area contributed by atoms with Gasteiger partial charge in [-0.1, -0.05) is 18.2 Å². The van der Waals surface area contributed by atoms with E-state index in [0.717, 1.165) is 18.4 Å². The SMILES string of the molecule is CCOC(=O)CC1CCc2ccc(CO)cc21. The van der Waals surface area contributed by atoms with E-state index in [9.17, 15) is 4.79 Å². The standard InChI is InChI=1S/C14H18O3/c1-2-17-14(16)8-12-6-5-11-4-3-10(9-15)7-13(11)12/h3-4,7,12,15H,2,5-6,8-9H2,1H3. The molecule has 1 aliphatic carbocycles. The lowest BCUT2D eigenvalue weighted by Crippen LogP contribution is -2.08. The van der Waals surface area contributed by atoms with Gasteiger partial charge in [-0.25, -0.2) is 0 Å². The van der Waals surface area contributed by atoms with Crippen LogP contribution in [0.2, 0.25) is 0 Å². The molecule has 3 heteroatoms. The zero-order valence-electron chi connectivity index (χ0n) is 10.1. The van der Waals surface area contributed by atoms with Gasteiger partial charge in [-0.2, -0.15) is 0 Å². The molecule has 0 aliphatic heterocycles. The average Bonchev–Trinajstić information content (AvgIpc) is 2.72. The first-order valence-electron chi connectivity index (χ1n) is 6.12. The van der Waals surface area contributed by atoms with Crippen molar-refractivity contribution in [3.8, 4) is 0 Å². The Bertz CT molecular complexity index is 412. The lowest BCUT2D eigenvalue weighted by Gasteiger charge is -2.11. The Morgan fingerprint density at radius 1 is 1.53 bits per heavy atom. The topological polar surface area (TPSA) is 46.5 Å². The molecule has 0 amide bonds. The third-order valence-corrected chi connectivity index (χ3v) is 3.31. The molecule has 0 radical (unpaired) electrons.